The lowest BCUT2D eigenvalue weighted by molar-refractivity contribution is 0.588. The van der Waals surface area contributed by atoms with Gasteiger partial charge in [-0.05, 0) is 25.3 Å². The van der Waals surface area contributed by atoms with E-state index in [0.29, 0.717) is 0 Å². The molecule has 0 spiro atoms. The third-order valence-corrected chi connectivity index (χ3v) is 3.55. The summed E-state index contributed by atoms with van der Waals surface area (Å²) in [5, 5.41) is 3.42. The van der Waals surface area contributed by atoms with Gasteiger partial charge < -0.3 is 10.2 Å². The van der Waals surface area contributed by atoms with Crippen LogP contribution in [0.2, 0.25) is 0 Å². The molecule has 0 aliphatic rings. The van der Waals surface area contributed by atoms with E-state index in [0.717, 1.165) is 37.2 Å². The van der Waals surface area contributed by atoms with Gasteiger partial charge in [0.2, 0.25) is 0 Å². The third kappa shape index (κ3) is 5.10. The molecule has 0 unspecified atom stereocenters. The first-order valence-corrected chi connectivity index (χ1v) is 8.28. The second-order valence-corrected chi connectivity index (χ2v) is 5.31. The molecule has 2 nitrogen and oxygen atoms in total. The van der Waals surface area contributed by atoms with Crippen LogP contribution in [0.25, 0.3) is 5.70 Å². The Morgan fingerprint density at radius 3 is 2.36 bits per heavy atom. The maximum Gasteiger partial charge on any atom is 0.0567 e. The maximum absolute atomic E-state index is 4.30. The standard InChI is InChI=1S/C20H30N2/c1-6-9-16-20(18-14-11-10-12-15-18)22(5)17(4)19(13-7-2)21-8-3/h10-16,21H,4,6-9H2,1-3,5H3/b19-13+,20-16-. The Hall–Kier alpha value is -1.96. The van der Waals surface area contributed by atoms with Crippen molar-refractivity contribution in [2.45, 2.75) is 40.0 Å². The van der Waals surface area contributed by atoms with Crippen molar-refractivity contribution in [3.63, 3.8) is 0 Å². The number of rotatable bonds is 9. The molecule has 2 heteroatoms. The van der Waals surface area contributed by atoms with Crippen molar-refractivity contribution in [2.24, 2.45) is 0 Å². The van der Waals surface area contributed by atoms with Crippen molar-refractivity contribution in [1.29, 1.82) is 0 Å². The Kier molecular flexibility index (Phi) is 8.13. The van der Waals surface area contributed by atoms with Crippen LogP contribution in [0.15, 0.2) is 60.5 Å². The monoisotopic (exact) mass is 298 g/mol. The van der Waals surface area contributed by atoms with Gasteiger partial charge in [-0.3, -0.25) is 0 Å². The van der Waals surface area contributed by atoms with Gasteiger partial charge in [0, 0.05) is 19.3 Å². The fraction of sp³-hybridized carbons (Fsp3) is 0.400. The Morgan fingerprint density at radius 2 is 1.82 bits per heavy atom. The van der Waals surface area contributed by atoms with Crippen LogP contribution in [0.1, 0.15) is 45.6 Å². The quantitative estimate of drug-likeness (QED) is 0.632. The van der Waals surface area contributed by atoms with Crippen LogP contribution in [0, 0.1) is 0 Å². The average Bonchev–Trinajstić information content (AvgIpc) is 2.55. The van der Waals surface area contributed by atoms with Gasteiger partial charge in [-0.2, -0.15) is 0 Å². The van der Waals surface area contributed by atoms with Gasteiger partial charge in [0.1, 0.15) is 0 Å². The molecule has 0 aliphatic heterocycles. The predicted octanol–water partition coefficient (Wildman–Crippen LogP) is 5.18. The molecule has 0 atom stereocenters. The van der Waals surface area contributed by atoms with Gasteiger partial charge >= 0.3 is 0 Å². The highest BCUT2D eigenvalue weighted by Gasteiger charge is 2.13. The summed E-state index contributed by atoms with van der Waals surface area (Å²) in [4.78, 5) is 2.19. The van der Waals surface area contributed by atoms with Gasteiger partial charge in [-0.25, -0.2) is 0 Å². The summed E-state index contributed by atoms with van der Waals surface area (Å²) in [6.07, 6.45) is 7.70. The lowest BCUT2D eigenvalue weighted by atomic mass is 10.1. The highest BCUT2D eigenvalue weighted by atomic mass is 15.1. The minimum Gasteiger partial charge on any atom is -0.384 e. The lowest BCUT2D eigenvalue weighted by Crippen LogP contribution is -2.24. The van der Waals surface area contributed by atoms with E-state index in [-0.39, 0.29) is 0 Å². The smallest absolute Gasteiger partial charge is 0.0567 e. The Morgan fingerprint density at radius 1 is 1.14 bits per heavy atom. The molecule has 0 radical (unpaired) electrons. The highest BCUT2D eigenvalue weighted by molar-refractivity contribution is 5.66. The number of hydrogen-bond donors (Lipinski definition) is 1. The molecule has 22 heavy (non-hydrogen) atoms. The molecule has 0 amide bonds. The summed E-state index contributed by atoms with van der Waals surface area (Å²) in [5.74, 6) is 0. The molecule has 1 aromatic carbocycles. The minimum absolute atomic E-state index is 0.901. The number of unbranched alkanes of at least 4 members (excludes halogenated alkanes) is 1. The molecule has 0 bridgehead atoms. The fourth-order valence-corrected chi connectivity index (χ4v) is 2.35. The van der Waals surface area contributed by atoms with E-state index in [1.54, 1.807) is 0 Å². The molecule has 1 aromatic rings. The predicted molar refractivity (Wildman–Crippen MR) is 98.3 cm³/mol. The molecule has 0 heterocycles. The van der Waals surface area contributed by atoms with Gasteiger partial charge in [0.25, 0.3) is 0 Å². The van der Waals surface area contributed by atoms with E-state index in [2.05, 4.69) is 87.1 Å². The minimum atomic E-state index is 0.901. The van der Waals surface area contributed by atoms with E-state index >= 15 is 0 Å². The zero-order valence-corrected chi connectivity index (χ0v) is 14.5. The topological polar surface area (TPSA) is 15.3 Å². The third-order valence-electron chi connectivity index (χ3n) is 3.55. The summed E-state index contributed by atoms with van der Waals surface area (Å²) >= 11 is 0. The summed E-state index contributed by atoms with van der Waals surface area (Å²) in [7, 11) is 2.09. The zero-order chi connectivity index (χ0) is 16.4. The number of allylic oxidation sites excluding steroid dienone is 2. The second kappa shape index (κ2) is 9.88. The van der Waals surface area contributed by atoms with Crippen molar-refractivity contribution in [1.82, 2.24) is 10.2 Å². The van der Waals surface area contributed by atoms with Crippen molar-refractivity contribution in [2.75, 3.05) is 13.6 Å². The zero-order valence-electron chi connectivity index (χ0n) is 14.5. The normalized spacial score (nSPS) is 12.2. The number of nitrogens with one attached hydrogen (secondary N) is 1. The van der Waals surface area contributed by atoms with E-state index in [9.17, 15) is 0 Å². The average molecular weight is 298 g/mol. The summed E-state index contributed by atoms with van der Waals surface area (Å²) in [5.41, 5.74) is 4.57. The Labute approximate surface area is 136 Å². The fourth-order valence-electron chi connectivity index (χ4n) is 2.35. The van der Waals surface area contributed by atoms with Crippen LogP contribution in [-0.4, -0.2) is 18.5 Å². The van der Waals surface area contributed by atoms with Crippen LogP contribution in [0.4, 0.5) is 0 Å². The summed E-state index contributed by atoms with van der Waals surface area (Å²) < 4.78 is 0. The van der Waals surface area contributed by atoms with E-state index in [1.165, 1.54) is 11.3 Å². The van der Waals surface area contributed by atoms with E-state index in [4.69, 9.17) is 0 Å². The molecule has 0 saturated carbocycles. The molecular weight excluding hydrogens is 268 g/mol. The highest BCUT2D eigenvalue weighted by Crippen LogP contribution is 2.24. The van der Waals surface area contributed by atoms with Crippen LogP contribution in [0.3, 0.4) is 0 Å². The van der Waals surface area contributed by atoms with Crippen LogP contribution >= 0.6 is 0 Å². The summed E-state index contributed by atoms with van der Waals surface area (Å²) in [6.45, 7) is 11.7. The number of likely N-dealkylation sites (N-methyl/N-ethyl adjacent to an activating group) is 2. The van der Waals surface area contributed by atoms with Crippen LogP contribution in [0.5, 0.6) is 0 Å². The maximum atomic E-state index is 4.30. The molecule has 1 rings (SSSR count). The van der Waals surface area contributed by atoms with Gasteiger partial charge in [0.15, 0.2) is 0 Å². The SMILES string of the molecule is C=C(/C(=C\CC)NCC)N(C)/C(=C\CCC)c1ccccc1. The molecule has 120 valence electrons. The van der Waals surface area contributed by atoms with E-state index < -0.39 is 0 Å². The molecule has 0 aliphatic carbocycles. The first kappa shape index (κ1) is 18.1. The largest absolute Gasteiger partial charge is 0.384 e. The molecule has 0 aromatic heterocycles. The number of nitrogens with zero attached hydrogens (tertiary/aromatic N) is 1. The van der Waals surface area contributed by atoms with Crippen molar-refractivity contribution < 1.29 is 0 Å². The second-order valence-electron chi connectivity index (χ2n) is 5.31. The van der Waals surface area contributed by atoms with Crippen LogP contribution in [-0.2, 0) is 0 Å². The molecule has 1 N–H and O–H groups in total. The Balaban J connectivity index is 3.09. The Bertz CT molecular complexity index is 512. The molecular formula is C20H30N2. The first-order chi connectivity index (χ1) is 10.7. The summed E-state index contributed by atoms with van der Waals surface area (Å²) in [6, 6.07) is 10.5. The van der Waals surface area contributed by atoms with Crippen molar-refractivity contribution >= 4 is 5.70 Å². The van der Waals surface area contributed by atoms with Crippen molar-refractivity contribution in [3.8, 4) is 0 Å². The van der Waals surface area contributed by atoms with Gasteiger partial charge in [-0.1, -0.05) is 69.3 Å². The van der Waals surface area contributed by atoms with Gasteiger partial charge in [0.05, 0.1) is 11.4 Å². The van der Waals surface area contributed by atoms with Gasteiger partial charge in [-0.15, -0.1) is 0 Å². The molecule has 0 fully saturated rings. The first-order valence-electron chi connectivity index (χ1n) is 8.28. The molecule has 0 saturated heterocycles. The van der Waals surface area contributed by atoms with Crippen molar-refractivity contribution in [3.05, 3.63) is 66.0 Å². The lowest BCUT2D eigenvalue weighted by Gasteiger charge is -2.27. The number of hydrogen-bond acceptors (Lipinski definition) is 2. The number of benzene rings is 1. The van der Waals surface area contributed by atoms with E-state index in [1.807, 2.05) is 0 Å². The van der Waals surface area contributed by atoms with Crippen LogP contribution < -0.4 is 5.32 Å².